The molecule has 0 fully saturated rings. The number of sulfonamides is 1. The Morgan fingerprint density at radius 2 is 1.86 bits per heavy atom. The van der Waals surface area contributed by atoms with E-state index in [0.29, 0.717) is 0 Å². The summed E-state index contributed by atoms with van der Waals surface area (Å²) in [6.07, 6.45) is 0. The average molecular weight is 338 g/mol. The molecule has 0 aliphatic heterocycles. The Morgan fingerprint density at radius 3 is 2.33 bits per heavy atom. The molecule has 0 spiro atoms. The zero-order valence-corrected chi connectivity index (χ0v) is 12.7. The highest BCUT2D eigenvalue weighted by atomic mass is 32.2. The third-order valence-electron chi connectivity index (χ3n) is 2.42. The zero-order chi connectivity index (χ0) is 16.3. The molecule has 11 heteroatoms. The SMILES string of the molecule is CCOc1cccc(S(=O)(=O)CCS(N)(=O)=O)c1[N+](=O)[O-]. The topological polar surface area (TPSA) is 147 Å². The molecule has 0 saturated carbocycles. The van der Waals surface area contributed by atoms with Crippen molar-refractivity contribution in [3.8, 4) is 5.75 Å². The van der Waals surface area contributed by atoms with Gasteiger partial charge in [-0.15, -0.1) is 0 Å². The summed E-state index contributed by atoms with van der Waals surface area (Å²) in [5.74, 6) is -1.87. The van der Waals surface area contributed by atoms with Crippen molar-refractivity contribution < 1.29 is 26.5 Å². The van der Waals surface area contributed by atoms with E-state index in [-0.39, 0.29) is 12.4 Å². The Hall–Kier alpha value is -1.72. The quantitative estimate of drug-likeness (QED) is 0.546. The molecular formula is C10H14N2O7S2. The number of rotatable bonds is 7. The fourth-order valence-electron chi connectivity index (χ4n) is 1.54. The highest BCUT2D eigenvalue weighted by Crippen LogP contribution is 2.34. The summed E-state index contributed by atoms with van der Waals surface area (Å²) in [5, 5.41) is 15.8. The molecule has 0 unspecified atom stereocenters. The lowest BCUT2D eigenvalue weighted by molar-refractivity contribution is -0.388. The van der Waals surface area contributed by atoms with Crippen LogP contribution in [0, 0.1) is 10.1 Å². The number of nitrogens with two attached hydrogens (primary N) is 1. The second-order valence-electron chi connectivity index (χ2n) is 3.98. The standard InChI is InChI=1S/C10H14N2O7S2/c1-2-19-8-4-3-5-9(10(8)12(13)14)20(15,16)6-7-21(11,17)18/h3-5H,2,6-7H2,1H3,(H2,11,17,18). The van der Waals surface area contributed by atoms with Crippen molar-refractivity contribution >= 4 is 25.5 Å². The van der Waals surface area contributed by atoms with E-state index in [2.05, 4.69) is 0 Å². The number of hydrogen-bond acceptors (Lipinski definition) is 7. The maximum atomic E-state index is 12.1. The Labute approximate surface area is 121 Å². The molecule has 0 atom stereocenters. The number of hydrogen-bond donors (Lipinski definition) is 1. The Morgan fingerprint density at radius 1 is 1.24 bits per heavy atom. The molecule has 0 amide bonds. The minimum atomic E-state index is -4.19. The molecule has 1 rings (SSSR count). The van der Waals surface area contributed by atoms with Gasteiger partial charge in [0, 0.05) is 0 Å². The number of ether oxygens (including phenoxy) is 1. The van der Waals surface area contributed by atoms with E-state index in [1.807, 2.05) is 0 Å². The lowest BCUT2D eigenvalue weighted by Gasteiger charge is -2.08. The summed E-state index contributed by atoms with van der Waals surface area (Å²) in [6.45, 7) is 1.70. The summed E-state index contributed by atoms with van der Waals surface area (Å²) in [5.41, 5.74) is -0.714. The predicted molar refractivity (Wildman–Crippen MR) is 74.3 cm³/mol. The maximum absolute atomic E-state index is 12.1. The fourth-order valence-corrected chi connectivity index (χ4v) is 4.32. The van der Waals surface area contributed by atoms with Gasteiger partial charge in [-0.05, 0) is 19.1 Å². The molecule has 0 aliphatic carbocycles. The molecule has 0 bridgehead atoms. The van der Waals surface area contributed by atoms with Crippen LogP contribution in [0.4, 0.5) is 5.69 Å². The van der Waals surface area contributed by atoms with Crippen molar-refractivity contribution in [2.24, 2.45) is 5.14 Å². The molecule has 2 N–H and O–H groups in total. The zero-order valence-electron chi connectivity index (χ0n) is 11.1. The minimum absolute atomic E-state index is 0.113. The van der Waals surface area contributed by atoms with Gasteiger partial charge in [0.15, 0.2) is 15.6 Å². The third kappa shape index (κ3) is 4.65. The van der Waals surface area contributed by atoms with Gasteiger partial charge in [0.2, 0.25) is 10.0 Å². The van der Waals surface area contributed by atoms with Crippen LogP contribution in [0.15, 0.2) is 23.1 Å². The first-order valence-electron chi connectivity index (χ1n) is 5.72. The van der Waals surface area contributed by atoms with Gasteiger partial charge in [0.1, 0.15) is 4.90 Å². The summed E-state index contributed by atoms with van der Waals surface area (Å²) in [4.78, 5) is 9.61. The highest BCUT2D eigenvalue weighted by molar-refractivity contribution is 7.94. The molecule has 1 aromatic rings. The van der Waals surface area contributed by atoms with E-state index in [1.54, 1.807) is 6.92 Å². The van der Waals surface area contributed by atoms with Gasteiger partial charge in [0.25, 0.3) is 0 Å². The first-order valence-corrected chi connectivity index (χ1v) is 9.08. The molecule has 21 heavy (non-hydrogen) atoms. The van der Waals surface area contributed by atoms with Crippen LogP contribution in [0.25, 0.3) is 0 Å². The van der Waals surface area contributed by atoms with Gasteiger partial charge in [-0.1, -0.05) is 6.07 Å². The van der Waals surface area contributed by atoms with Crippen LogP contribution in [0.2, 0.25) is 0 Å². The van der Waals surface area contributed by atoms with E-state index in [1.165, 1.54) is 12.1 Å². The number of nitro groups is 1. The number of nitrogens with zero attached hydrogens (tertiary/aromatic N) is 1. The Balaban J connectivity index is 3.35. The molecular weight excluding hydrogens is 324 g/mol. The van der Waals surface area contributed by atoms with Crippen LogP contribution in [0.3, 0.4) is 0 Å². The van der Waals surface area contributed by atoms with Crippen LogP contribution >= 0.6 is 0 Å². The highest BCUT2D eigenvalue weighted by Gasteiger charge is 2.30. The van der Waals surface area contributed by atoms with Crippen molar-refractivity contribution in [3.63, 3.8) is 0 Å². The second-order valence-corrected chi connectivity index (χ2v) is 7.79. The van der Waals surface area contributed by atoms with E-state index < -0.39 is 46.9 Å². The monoisotopic (exact) mass is 338 g/mol. The summed E-state index contributed by atoms with van der Waals surface area (Å²) >= 11 is 0. The van der Waals surface area contributed by atoms with Crippen molar-refractivity contribution in [3.05, 3.63) is 28.3 Å². The molecule has 9 nitrogen and oxygen atoms in total. The smallest absolute Gasteiger partial charge is 0.329 e. The normalized spacial score (nSPS) is 12.1. The number of benzene rings is 1. The largest absolute Gasteiger partial charge is 0.487 e. The van der Waals surface area contributed by atoms with Crippen molar-refractivity contribution in [2.75, 3.05) is 18.1 Å². The third-order valence-corrected chi connectivity index (χ3v) is 5.19. The number of para-hydroxylation sites is 1. The van der Waals surface area contributed by atoms with Crippen LogP contribution in [0.1, 0.15) is 6.92 Å². The Bertz CT molecular complexity index is 741. The first-order chi connectivity index (χ1) is 9.58. The van der Waals surface area contributed by atoms with Crippen molar-refractivity contribution in [1.82, 2.24) is 0 Å². The first kappa shape index (κ1) is 17.3. The second kappa shape index (κ2) is 6.37. The van der Waals surface area contributed by atoms with Crippen LogP contribution < -0.4 is 9.88 Å². The molecule has 0 aromatic heterocycles. The predicted octanol–water partition coefficient (Wildman–Crippen LogP) is 0.0557. The molecule has 0 heterocycles. The fraction of sp³-hybridized carbons (Fsp3) is 0.400. The number of primary sulfonamides is 1. The van der Waals surface area contributed by atoms with Crippen molar-refractivity contribution in [1.29, 1.82) is 0 Å². The summed E-state index contributed by atoms with van der Waals surface area (Å²) in [7, 11) is -8.19. The molecule has 0 aliphatic rings. The van der Waals surface area contributed by atoms with Crippen LogP contribution in [0.5, 0.6) is 5.75 Å². The molecule has 0 saturated heterocycles. The van der Waals surface area contributed by atoms with E-state index >= 15 is 0 Å². The van der Waals surface area contributed by atoms with Gasteiger partial charge < -0.3 is 4.74 Å². The number of sulfone groups is 1. The summed E-state index contributed by atoms with van der Waals surface area (Å²) < 4.78 is 50.9. The van der Waals surface area contributed by atoms with Crippen LogP contribution in [-0.2, 0) is 19.9 Å². The minimum Gasteiger partial charge on any atom is -0.487 e. The van der Waals surface area contributed by atoms with E-state index in [4.69, 9.17) is 9.88 Å². The van der Waals surface area contributed by atoms with Crippen molar-refractivity contribution in [2.45, 2.75) is 11.8 Å². The molecule has 0 radical (unpaired) electrons. The summed E-state index contributed by atoms with van der Waals surface area (Å²) in [6, 6.07) is 3.57. The Kier molecular flexibility index (Phi) is 5.25. The van der Waals surface area contributed by atoms with Gasteiger partial charge in [0.05, 0.1) is 23.0 Å². The van der Waals surface area contributed by atoms with Gasteiger partial charge in [-0.2, -0.15) is 0 Å². The lowest BCUT2D eigenvalue weighted by atomic mass is 10.3. The van der Waals surface area contributed by atoms with Gasteiger partial charge >= 0.3 is 5.69 Å². The maximum Gasteiger partial charge on any atom is 0.329 e. The number of nitro benzene ring substituents is 1. The van der Waals surface area contributed by atoms with Crippen LogP contribution in [-0.4, -0.2) is 39.9 Å². The molecule has 1 aromatic carbocycles. The van der Waals surface area contributed by atoms with E-state index in [0.717, 1.165) is 6.07 Å². The van der Waals surface area contributed by atoms with Gasteiger partial charge in [-0.3, -0.25) is 10.1 Å². The van der Waals surface area contributed by atoms with E-state index in [9.17, 15) is 26.9 Å². The molecule has 118 valence electrons. The lowest BCUT2D eigenvalue weighted by Crippen LogP contribution is -2.23. The van der Waals surface area contributed by atoms with Gasteiger partial charge in [-0.25, -0.2) is 22.0 Å². The average Bonchev–Trinajstić information content (AvgIpc) is 2.35.